The van der Waals surface area contributed by atoms with Gasteiger partial charge in [0.2, 0.25) is 0 Å². The molecule has 0 radical (unpaired) electrons. The summed E-state index contributed by atoms with van der Waals surface area (Å²) in [7, 11) is 0. The maximum Gasteiger partial charge on any atom is 0.185 e. The van der Waals surface area contributed by atoms with Crippen LogP contribution in [0.2, 0.25) is 0 Å². The van der Waals surface area contributed by atoms with Gasteiger partial charge in [-0.3, -0.25) is 4.79 Å². The molecule has 1 aliphatic rings. The zero-order valence-electron chi connectivity index (χ0n) is 9.09. The van der Waals surface area contributed by atoms with Crippen molar-refractivity contribution in [3.63, 3.8) is 0 Å². The lowest BCUT2D eigenvalue weighted by molar-refractivity contribution is 0.0958. The van der Waals surface area contributed by atoms with Crippen molar-refractivity contribution >= 4 is 17.5 Å². The van der Waals surface area contributed by atoms with Crippen LogP contribution in [-0.2, 0) is 0 Å². The molecule has 0 amide bonds. The number of Topliss-reactive ketones (excluding diaryl/α,β-unsaturated/α-hetero) is 1. The molecule has 3 heteroatoms. The molecule has 1 aliphatic heterocycles. The molecule has 0 aliphatic carbocycles. The number of benzene rings is 2. The van der Waals surface area contributed by atoms with Crippen LogP contribution in [0.3, 0.4) is 0 Å². The van der Waals surface area contributed by atoms with Crippen molar-refractivity contribution < 1.29 is 4.79 Å². The fraction of sp³-hybridized carbons (Fsp3) is 0.0714. The number of carbonyl (C=O) groups is 1. The maximum atomic E-state index is 12.3. The molecule has 2 aromatic rings. The number of hydrogen-bond donors (Lipinski definition) is 1. The third-order valence-electron chi connectivity index (χ3n) is 2.91. The van der Waals surface area contributed by atoms with Crippen LogP contribution >= 0.6 is 11.8 Å². The molecule has 0 fully saturated rings. The summed E-state index contributed by atoms with van der Waals surface area (Å²) in [5.74, 6) is -0.00181. The van der Waals surface area contributed by atoms with E-state index in [1.165, 1.54) is 0 Å². The minimum Gasteiger partial charge on any atom is -0.317 e. The van der Waals surface area contributed by atoms with E-state index in [1.807, 2.05) is 48.5 Å². The summed E-state index contributed by atoms with van der Waals surface area (Å²) >= 11 is 1.61. The molecule has 0 spiro atoms. The number of rotatable bonds is 0. The zero-order chi connectivity index (χ0) is 11.8. The largest absolute Gasteiger partial charge is 0.317 e. The van der Waals surface area contributed by atoms with Gasteiger partial charge in [-0.05, 0) is 17.7 Å². The first-order valence-electron chi connectivity index (χ1n) is 5.43. The molecular formula is C14H11NOS. The van der Waals surface area contributed by atoms with Gasteiger partial charge < -0.3 is 5.73 Å². The van der Waals surface area contributed by atoms with E-state index in [4.69, 9.17) is 5.73 Å². The highest BCUT2D eigenvalue weighted by Gasteiger charge is 2.26. The van der Waals surface area contributed by atoms with Gasteiger partial charge in [0.1, 0.15) is 0 Å². The molecular weight excluding hydrogens is 230 g/mol. The molecule has 0 saturated heterocycles. The fourth-order valence-corrected chi connectivity index (χ4v) is 3.14. The van der Waals surface area contributed by atoms with Crippen molar-refractivity contribution in [2.75, 3.05) is 0 Å². The number of nitrogens with two attached hydrogens (primary N) is 1. The van der Waals surface area contributed by atoms with E-state index < -0.39 is 6.04 Å². The van der Waals surface area contributed by atoms with E-state index in [0.29, 0.717) is 0 Å². The van der Waals surface area contributed by atoms with E-state index in [1.54, 1.807) is 11.8 Å². The third-order valence-corrected chi connectivity index (χ3v) is 4.08. The van der Waals surface area contributed by atoms with Gasteiger partial charge in [-0.25, -0.2) is 0 Å². The molecule has 2 nitrogen and oxygen atoms in total. The van der Waals surface area contributed by atoms with Crippen molar-refractivity contribution in [1.29, 1.82) is 0 Å². The summed E-state index contributed by atoms with van der Waals surface area (Å²) in [6.07, 6.45) is 0. The lowest BCUT2D eigenvalue weighted by Gasteiger charge is -2.10. The van der Waals surface area contributed by atoms with Crippen molar-refractivity contribution in [3.8, 4) is 0 Å². The molecule has 1 atom stereocenters. The number of hydrogen-bond acceptors (Lipinski definition) is 3. The van der Waals surface area contributed by atoms with E-state index in [0.717, 1.165) is 20.9 Å². The average molecular weight is 241 g/mol. The summed E-state index contributed by atoms with van der Waals surface area (Å²) in [6.45, 7) is 0. The van der Waals surface area contributed by atoms with Gasteiger partial charge in [-0.1, -0.05) is 48.2 Å². The topological polar surface area (TPSA) is 43.1 Å². The van der Waals surface area contributed by atoms with Gasteiger partial charge in [0, 0.05) is 15.4 Å². The summed E-state index contributed by atoms with van der Waals surface area (Å²) in [5, 5.41) is 0. The number of carbonyl (C=O) groups excluding carboxylic acids is 1. The van der Waals surface area contributed by atoms with Gasteiger partial charge in [-0.2, -0.15) is 0 Å². The van der Waals surface area contributed by atoms with Gasteiger partial charge in [-0.15, -0.1) is 0 Å². The van der Waals surface area contributed by atoms with Crippen LogP contribution in [0, 0.1) is 0 Å². The smallest absolute Gasteiger partial charge is 0.185 e. The second-order valence-corrected chi connectivity index (χ2v) is 5.06. The van der Waals surface area contributed by atoms with Crippen LogP contribution in [-0.4, -0.2) is 5.78 Å². The first kappa shape index (κ1) is 10.6. The summed E-state index contributed by atoms with van der Waals surface area (Å²) < 4.78 is 0. The highest BCUT2D eigenvalue weighted by molar-refractivity contribution is 7.99. The molecule has 17 heavy (non-hydrogen) atoms. The third kappa shape index (κ3) is 1.68. The van der Waals surface area contributed by atoms with Gasteiger partial charge in [0.25, 0.3) is 0 Å². The van der Waals surface area contributed by atoms with Crippen molar-refractivity contribution in [2.45, 2.75) is 15.8 Å². The Morgan fingerprint density at radius 3 is 2.41 bits per heavy atom. The predicted octanol–water partition coefficient (Wildman–Crippen LogP) is 3.03. The Bertz CT molecular complexity index is 594. The van der Waals surface area contributed by atoms with Crippen LogP contribution < -0.4 is 5.73 Å². The summed E-state index contributed by atoms with van der Waals surface area (Å²) in [4.78, 5) is 14.3. The SMILES string of the molecule is NC1C(=O)c2ccccc2Sc2ccccc21. The van der Waals surface area contributed by atoms with E-state index >= 15 is 0 Å². The van der Waals surface area contributed by atoms with Crippen LogP contribution in [0.25, 0.3) is 0 Å². The molecule has 2 N–H and O–H groups in total. The summed E-state index contributed by atoms with van der Waals surface area (Å²) in [5.41, 5.74) is 7.68. The molecule has 0 bridgehead atoms. The Labute approximate surface area is 104 Å². The second kappa shape index (κ2) is 4.02. The highest BCUT2D eigenvalue weighted by Crippen LogP contribution is 2.39. The molecule has 0 saturated carbocycles. The second-order valence-electron chi connectivity index (χ2n) is 3.98. The minimum absolute atomic E-state index is 0.00181. The number of fused-ring (bicyclic) bond motifs is 2. The quantitative estimate of drug-likeness (QED) is 0.771. The van der Waals surface area contributed by atoms with Crippen LogP contribution in [0.15, 0.2) is 58.3 Å². The minimum atomic E-state index is -0.553. The van der Waals surface area contributed by atoms with E-state index in [-0.39, 0.29) is 5.78 Å². The standard InChI is InChI=1S/C14H11NOS/c15-13-9-5-1-3-7-11(9)17-12-8-4-2-6-10(12)14(13)16/h1-8,13H,15H2. The molecule has 3 rings (SSSR count). The van der Waals surface area contributed by atoms with Crippen molar-refractivity contribution in [1.82, 2.24) is 0 Å². The van der Waals surface area contributed by atoms with Gasteiger partial charge >= 0.3 is 0 Å². The average Bonchev–Trinajstić information content (AvgIpc) is 2.48. The predicted molar refractivity (Wildman–Crippen MR) is 68.3 cm³/mol. The Balaban J connectivity index is 2.24. The fourth-order valence-electron chi connectivity index (χ4n) is 2.02. The van der Waals surface area contributed by atoms with Crippen LogP contribution in [0.1, 0.15) is 22.0 Å². The Morgan fingerprint density at radius 2 is 1.59 bits per heavy atom. The maximum absolute atomic E-state index is 12.3. The van der Waals surface area contributed by atoms with Crippen molar-refractivity contribution in [3.05, 3.63) is 59.7 Å². The van der Waals surface area contributed by atoms with Gasteiger partial charge in [0.15, 0.2) is 5.78 Å². The zero-order valence-corrected chi connectivity index (χ0v) is 9.91. The summed E-state index contributed by atoms with van der Waals surface area (Å²) in [6, 6.07) is 14.9. The lowest BCUT2D eigenvalue weighted by atomic mass is 9.98. The molecule has 1 unspecified atom stereocenters. The van der Waals surface area contributed by atoms with Crippen LogP contribution in [0.5, 0.6) is 0 Å². The Hall–Kier alpha value is -1.58. The van der Waals surface area contributed by atoms with Crippen LogP contribution in [0.4, 0.5) is 0 Å². The number of ketones is 1. The van der Waals surface area contributed by atoms with Crippen molar-refractivity contribution in [2.24, 2.45) is 5.73 Å². The van der Waals surface area contributed by atoms with E-state index in [9.17, 15) is 4.79 Å². The first-order valence-corrected chi connectivity index (χ1v) is 6.24. The van der Waals surface area contributed by atoms with Gasteiger partial charge in [0.05, 0.1) is 6.04 Å². The van der Waals surface area contributed by atoms with E-state index in [2.05, 4.69) is 0 Å². The lowest BCUT2D eigenvalue weighted by Crippen LogP contribution is -2.21. The molecule has 2 aromatic carbocycles. The monoisotopic (exact) mass is 241 g/mol. The Morgan fingerprint density at radius 1 is 0.941 bits per heavy atom. The molecule has 0 aromatic heterocycles. The molecule has 1 heterocycles. The highest BCUT2D eigenvalue weighted by atomic mass is 32.2. The first-order chi connectivity index (χ1) is 8.27. The molecule has 84 valence electrons. The Kier molecular flexibility index (Phi) is 2.50. The normalized spacial score (nSPS) is 18.2.